The number of nitrogens with two attached hydrogens (primary N) is 1. The maximum Gasteiger partial charge on any atom is 0.255 e. The van der Waals surface area contributed by atoms with Gasteiger partial charge in [-0.1, -0.05) is 17.7 Å². The van der Waals surface area contributed by atoms with Crippen molar-refractivity contribution in [3.63, 3.8) is 0 Å². The molecule has 2 aromatic carbocycles. The lowest BCUT2D eigenvalue weighted by atomic mass is 10.1. The minimum atomic E-state index is -0.539. The van der Waals surface area contributed by atoms with Crippen LogP contribution in [0.3, 0.4) is 0 Å². The minimum absolute atomic E-state index is 0.0149. The normalized spacial score (nSPS) is 14.1. The van der Waals surface area contributed by atoms with Crippen LogP contribution in [0, 0.1) is 6.92 Å². The fraction of sp³-hybridized carbons (Fsp3) is 0.300. The highest BCUT2D eigenvalue weighted by Crippen LogP contribution is 2.25. The Morgan fingerprint density at radius 2 is 1.74 bits per heavy atom. The fourth-order valence-corrected chi connectivity index (χ4v) is 3.27. The Balaban J connectivity index is 1.59. The van der Waals surface area contributed by atoms with Gasteiger partial charge in [0, 0.05) is 42.5 Å². The van der Waals surface area contributed by atoms with E-state index in [0.29, 0.717) is 29.4 Å². The first-order chi connectivity index (χ1) is 12.9. The number of nitrogens with zero attached hydrogens (tertiary/aromatic N) is 2. The zero-order valence-corrected chi connectivity index (χ0v) is 15.9. The van der Waals surface area contributed by atoms with Gasteiger partial charge < -0.3 is 20.3 Å². The largest absolute Gasteiger partial charge is 0.484 e. The highest BCUT2D eigenvalue weighted by atomic mass is 35.5. The van der Waals surface area contributed by atoms with E-state index in [0.717, 1.165) is 18.8 Å². The molecule has 2 N–H and O–H groups in total. The number of rotatable bonds is 5. The van der Waals surface area contributed by atoms with Gasteiger partial charge in [0.25, 0.3) is 11.8 Å². The lowest BCUT2D eigenvalue weighted by molar-refractivity contribution is -0.119. The van der Waals surface area contributed by atoms with Gasteiger partial charge in [-0.05, 0) is 48.9 Å². The van der Waals surface area contributed by atoms with Crippen molar-refractivity contribution in [3.05, 3.63) is 58.6 Å². The molecule has 0 spiro atoms. The molecule has 0 bridgehead atoms. The number of hydrogen-bond donors (Lipinski definition) is 1. The topological polar surface area (TPSA) is 75.9 Å². The average Bonchev–Trinajstić information content (AvgIpc) is 2.68. The predicted molar refractivity (Wildman–Crippen MR) is 105 cm³/mol. The van der Waals surface area contributed by atoms with Crippen LogP contribution in [0.5, 0.6) is 5.75 Å². The van der Waals surface area contributed by atoms with E-state index in [1.807, 2.05) is 23.1 Å². The van der Waals surface area contributed by atoms with Crippen molar-refractivity contribution in [1.82, 2.24) is 4.90 Å². The Bertz CT molecular complexity index is 831. The zero-order chi connectivity index (χ0) is 19.4. The number of amides is 2. The molecule has 0 radical (unpaired) electrons. The summed E-state index contributed by atoms with van der Waals surface area (Å²) in [5.41, 5.74) is 7.93. The van der Waals surface area contributed by atoms with E-state index in [-0.39, 0.29) is 12.5 Å². The smallest absolute Gasteiger partial charge is 0.255 e. The van der Waals surface area contributed by atoms with Crippen LogP contribution in [0.1, 0.15) is 15.9 Å². The van der Waals surface area contributed by atoms with Crippen molar-refractivity contribution in [1.29, 1.82) is 0 Å². The summed E-state index contributed by atoms with van der Waals surface area (Å²) in [7, 11) is 0. The summed E-state index contributed by atoms with van der Waals surface area (Å²) in [4.78, 5) is 27.6. The summed E-state index contributed by atoms with van der Waals surface area (Å²) in [6.45, 7) is 4.68. The quantitative estimate of drug-likeness (QED) is 0.855. The van der Waals surface area contributed by atoms with Gasteiger partial charge in [0.1, 0.15) is 5.75 Å². The summed E-state index contributed by atoms with van der Waals surface area (Å²) in [5, 5.41) is 0.716. The third-order valence-electron chi connectivity index (χ3n) is 4.56. The van der Waals surface area contributed by atoms with Crippen molar-refractivity contribution >= 4 is 29.1 Å². The van der Waals surface area contributed by atoms with Crippen molar-refractivity contribution in [2.75, 3.05) is 37.7 Å². The number of carbonyl (C=O) groups excluding carboxylic acids is 2. The molecule has 3 rings (SSSR count). The van der Waals surface area contributed by atoms with Gasteiger partial charge in [0.2, 0.25) is 0 Å². The summed E-state index contributed by atoms with van der Waals surface area (Å²) >= 11 is 6.12. The molecule has 1 aliphatic rings. The van der Waals surface area contributed by atoms with E-state index in [1.165, 1.54) is 5.56 Å². The highest BCUT2D eigenvalue weighted by Gasteiger charge is 2.23. The summed E-state index contributed by atoms with van der Waals surface area (Å²) < 4.78 is 5.21. The third kappa shape index (κ3) is 4.71. The number of ether oxygens (including phenoxy) is 1. The molecule has 6 nitrogen and oxygen atoms in total. The van der Waals surface area contributed by atoms with Crippen LogP contribution in [-0.4, -0.2) is 49.5 Å². The second-order valence-corrected chi connectivity index (χ2v) is 6.93. The molecule has 2 amide bonds. The average molecular weight is 388 g/mol. The number of primary amides is 1. The fourth-order valence-electron chi connectivity index (χ4n) is 3.10. The SMILES string of the molecule is Cc1ccc(Cl)cc1N1CCN(C(=O)c2ccc(OCC(N)=O)cc2)CC1. The van der Waals surface area contributed by atoms with Crippen LogP contribution >= 0.6 is 11.6 Å². The van der Waals surface area contributed by atoms with Crippen molar-refractivity contribution in [2.45, 2.75) is 6.92 Å². The number of aryl methyl sites for hydroxylation is 1. The Morgan fingerprint density at radius 3 is 2.37 bits per heavy atom. The third-order valence-corrected chi connectivity index (χ3v) is 4.80. The Morgan fingerprint density at radius 1 is 1.07 bits per heavy atom. The minimum Gasteiger partial charge on any atom is -0.484 e. The molecular weight excluding hydrogens is 366 g/mol. The van der Waals surface area contributed by atoms with E-state index in [4.69, 9.17) is 22.1 Å². The monoisotopic (exact) mass is 387 g/mol. The van der Waals surface area contributed by atoms with Gasteiger partial charge in [0.15, 0.2) is 6.61 Å². The van der Waals surface area contributed by atoms with Crippen LogP contribution in [0.25, 0.3) is 0 Å². The highest BCUT2D eigenvalue weighted by molar-refractivity contribution is 6.30. The molecule has 1 heterocycles. The molecule has 0 saturated carbocycles. The van der Waals surface area contributed by atoms with Crippen LogP contribution in [0.15, 0.2) is 42.5 Å². The van der Waals surface area contributed by atoms with Crippen LogP contribution in [0.2, 0.25) is 5.02 Å². The van der Waals surface area contributed by atoms with Gasteiger partial charge >= 0.3 is 0 Å². The lowest BCUT2D eigenvalue weighted by Gasteiger charge is -2.37. The molecule has 1 aliphatic heterocycles. The van der Waals surface area contributed by atoms with E-state index in [2.05, 4.69) is 11.8 Å². The molecular formula is C20H22ClN3O3. The molecule has 1 fully saturated rings. The van der Waals surface area contributed by atoms with Gasteiger partial charge in [0.05, 0.1) is 0 Å². The van der Waals surface area contributed by atoms with Crippen molar-refractivity contribution < 1.29 is 14.3 Å². The van der Waals surface area contributed by atoms with E-state index in [1.54, 1.807) is 24.3 Å². The number of piperazine rings is 1. The van der Waals surface area contributed by atoms with E-state index < -0.39 is 5.91 Å². The van der Waals surface area contributed by atoms with Crippen molar-refractivity contribution in [2.24, 2.45) is 5.73 Å². The molecule has 0 unspecified atom stereocenters. The maximum absolute atomic E-state index is 12.7. The zero-order valence-electron chi connectivity index (χ0n) is 15.2. The van der Waals surface area contributed by atoms with Crippen molar-refractivity contribution in [3.8, 4) is 5.75 Å². The second-order valence-electron chi connectivity index (χ2n) is 6.49. The van der Waals surface area contributed by atoms with Gasteiger partial charge in [-0.15, -0.1) is 0 Å². The lowest BCUT2D eigenvalue weighted by Crippen LogP contribution is -2.49. The molecule has 0 atom stereocenters. The Hall–Kier alpha value is -2.73. The van der Waals surface area contributed by atoms with E-state index >= 15 is 0 Å². The summed E-state index contributed by atoms with van der Waals surface area (Å²) in [6.07, 6.45) is 0. The molecule has 7 heteroatoms. The molecule has 27 heavy (non-hydrogen) atoms. The number of carbonyl (C=O) groups is 2. The first-order valence-electron chi connectivity index (χ1n) is 8.75. The standard InChI is InChI=1S/C20H22ClN3O3/c1-14-2-5-16(21)12-18(14)23-8-10-24(11-9-23)20(26)15-3-6-17(7-4-15)27-13-19(22)25/h2-7,12H,8-11,13H2,1H3,(H2,22,25). The molecule has 1 saturated heterocycles. The van der Waals surface area contributed by atoms with Crippen LogP contribution in [0.4, 0.5) is 5.69 Å². The first-order valence-corrected chi connectivity index (χ1v) is 9.13. The predicted octanol–water partition coefficient (Wildman–Crippen LogP) is 2.47. The Kier molecular flexibility index (Phi) is 5.86. The second kappa shape index (κ2) is 8.31. The summed E-state index contributed by atoms with van der Waals surface area (Å²) in [5.74, 6) is -0.0477. The number of hydrogen-bond acceptors (Lipinski definition) is 4. The molecule has 0 aliphatic carbocycles. The number of halogens is 1. The van der Waals surface area contributed by atoms with Gasteiger partial charge in [-0.2, -0.15) is 0 Å². The van der Waals surface area contributed by atoms with E-state index in [9.17, 15) is 9.59 Å². The molecule has 142 valence electrons. The number of benzene rings is 2. The van der Waals surface area contributed by atoms with Gasteiger partial charge in [-0.25, -0.2) is 0 Å². The Labute approximate surface area is 163 Å². The van der Waals surface area contributed by atoms with Gasteiger partial charge in [-0.3, -0.25) is 9.59 Å². The molecule has 0 aromatic heterocycles. The number of anilines is 1. The van der Waals surface area contributed by atoms with Crippen LogP contribution < -0.4 is 15.4 Å². The summed E-state index contributed by atoms with van der Waals surface area (Å²) in [6, 6.07) is 12.6. The maximum atomic E-state index is 12.7. The molecule has 2 aromatic rings. The van der Waals surface area contributed by atoms with Crippen LogP contribution in [-0.2, 0) is 4.79 Å². The first kappa shape index (κ1) is 19.0.